The molecule has 0 saturated carbocycles. The van der Waals surface area contributed by atoms with Gasteiger partial charge in [0.2, 0.25) is 0 Å². The van der Waals surface area contributed by atoms with E-state index in [2.05, 4.69) is 5.32 Å². The van der Waals surface area contributed by atoms with Crippen LogP contribution in [0.2, 0.25) is 0 Å². The van der Waals surface area contributed by atoms with E-state index in [0.29, 0.717) is 6.61 Å². The molecule has 1 aromatic rings. The molecule has 94 valence electrons. The smallest absolute Gasteiger partial charge is 0.128 e. The highest BCUT2D eigenvalue weighted by molar-refractivity contribution is 5.30. The molecule has 1 unspecified atom stereocenters. The lowest BCUT2D eigenvalue weighted by atomic mass is 9.89. The zero-order chi connectivity index (χ0) is 12.1. The minimum absolute atomic E-state index is 0.146. The highest BCUT2D eigenvalue weighted by Gasteiger charge is 2.24. The second kappa shape index (κ2) is 6.01. The van der Waals surface area contributed by atoms with Crippen LogP contribution >= 0.6 is 0 Å². The van der Waals surface area contributed by atoms with E-state index in [4.69, 9.17) is 4.74 Å². The van der Waals surface area contributed by atoms with Crippen molar-refractivity contribution in [2.24, 2.45) is 5.92 Å². The highest BCUT2D eigenvalue weighted by atomic mass is 19.1. The van der Waals surface area contributed by atoms with Crippen LogP contribution in [0.3, 0.4) is 0 Å². The van der Waals surface area contributed by atoms with E-state index in [-0.39, 0.29) is 5.92 Å². The molecule has 0 aromatic heterocycles. The summed E-state index contributed by atoms with van der Waals surface area (Å²) in [5.74, 6) is 0.912. The van der Waals surface area contributed by atoms with Gasteiger partial charge in [-0.25, -0.2) is 4.39 Å². The molecule has 3 heteroatoms. The maximum atomic E-state index is 14.4. The first kappa shape index (κ1) is 12.4. The van der Waals surface area contributed by atoms with Crippen LogP contribution in [0.25, 0.3) is 0 Å². The summed E-state index contributed by atoms with van der Waals surface area (Å²) in [5.41, 5.74) is 0.753. The monoisotopic (exact) mass is 237 g/mol. The lowest BCUT2D eigenvalue weighted by Crippen LogP contribution is -2.29. The summed E-state index contributed by atoms with van der Waals surface area (Å²) in [4.78, 5) is 0. The van der Waals surface area contributed by atoms with Crippen LogP contribution in [-0.4, -0.2) is 19.7 Å². The van der Waals surface area contributed by atoms with Gasteiger partial charge in [-0.05, 0) is 56.5 Å². The molecule has 0 amide bonds. The molecule has 1 aliphatic heterocycles. The molecule has 1 aromatic carbocycles. The Balaban J connectivity index is 2.06. The second-order valence-electron chi connectivity index (χ2n) is 4.49. The van der Waals surface area contributed by atoms with Gasteiger partial charge in [0.15, 0.2) is 0 Å². The van der Waals surface area contributed by atoms with Crippen molar-refractivity contribution >= 4 is 0 Å². The van der Waals surface area contributed by atoms with Crippen LogP contribution in [0.1, 0.15) is 31.5 Å². The number of piperidine rings is 1. The summed E-state index contributed by atoms with van der Waals surface area (Å²) in [6.45, 7) is 4.41. The Hall–Kier alpha value is -1.09. The van der Waals surface area contributed by atoms with Gasteiger partial charge in [0.05, 0.1) is 6.61 Å². The quantitative estimate of drug-likeness (QED) is 0.868. The average Bonchev–Trinajstić information content (AvgIpc) is 2.40. The first-order chi connectivity index (χ1) is 8.31. The van der Waals surface area contributed by atoms with E-state index in [1.807, 2.05) is 31.2 Å². The zero-order valence-corrected chi connectivity index (χ0v) is 10.3. The summed E-state index contributed by atoms with van der Waals surface area (Å²) in [6.07, 6.45) is 0.970. The molecule has 1 atom stereocenters. The first-order valence-electron chi connectivity index (χ1n) is 6.39. The summed E-state index contributed by atoms with van der Waals surface area (Å²) >= 11 is 0. The van der Waals surface area contributed by atoms with Gasteiger partial charge in [0.25, 0.3) is 0 Å². The van der Waals surface area contributed by atoms with E-state index in [9.17, 15) is 4.39 Å². The van der Waals surface area contributed by atoms with Crippen molar-refractivity contribution in [1.29, 1.82) is 0 Å². The minimum Gasteiger partial charge on any atom is -0.494 e. The number of ether oxygens (including phenoxy) is 1. The Kier molecular flexibility index (Phi) is 4.37. The molecular formula is C14H20FNO. The molecule has 2 nitrogen and oxygen atoms in total. The second-order valence-corrected chi connectivity index (χ2v) is 4.49. The van der Waals surface area contributed by atoms with Crippen molar-refractivity contribution in [2.75, 3.05) is 19.7 Å². The van der Waals surface area contributed by atoms with E-state index in [0.717, 1.165) is 37.2 Å². The molecule has 1 fully saturated rings. The molecule has 0 radical (unpaired) electrons. The van der Waals surface area contributed by atoms with E-state index in [1.54, 1.807) is 0 Å². The largest absolute Gasteiger partial charge is 0.494 e. The predicted octanol–water partition coefficient (Wildman–Crippen LogP) is 3.10. The number of alkyl halides is 1. The SMILES string of the molecule is CCOc1cccc(C(F)C2CCNCC2)c1. The van der Waals surface area contributed by atoms with Gasteiger partial charge in [0, 0.05) is 0 Å². The maximum Gasteiger partial charge on any atom is 0.128 e. The van der Waals surface area contributed by atoms with Crippen molar-refractivity contribution in [2.45, 2.75) is 25.9 Å². The van der Waals surface area contributed by atoms with Crippen LogP contribution < -0.4 is 10.1 Å². The fraction of sp³-hybridized carbons (Fsp3) is 0.571. The third-order valence-corrected chi connectivity index (χ3v) is 3.29. The molecule has 1 N–H and O–H groups in total. The third kappa shape index (κ3) is 3.19. The number of halogens is 1. The lowest BCUT2D eigenvalue weighted by Gasteiger charge is -2.26. The van der Waals surface area contributed by atoms with Gasteiger partial charge < -0.3 is 10.1 Å². The van der Waals surface area contributed by atoms with Crippen molar-refractivity contribution in [3.05, 3.63) is 29.8 Å². The van der Waals surface area contributed by atoms with Gasteiger partial charge in [0.1, 0.15) is 11.9 Å². The van der Waals surface area contributed by atoms with E-state index >= 15 is 0 Å². The van der Waals surface area contributed by atoms with Crippen molar-refractivity contribution in [1.82, 2.24) is 5.32 Å². The van der Waals surface area contributed by atoms with Crippen LogP contribution in [0.4, 0.5) is 4.39 Å². The number of benzene rings is 1. The Morgan fingerprint density at radius 2 is 2.18 bits per heavy atom. The van der Waals surface area contributed by atoms with Crippen molar-refractivity contribution < 1.29 is 9.13 Å². The molecule has 1 saturated heterocycles. The molecule has 0 bridgehead atoms. The molecule has 0 spiro atoms. The van der Waals surface area contributed by atoms with Crippen LogP contribution in [0.15, 0.2) is 24.3 Å². The summed E-state index contributed by atoms with van der Waals surface area (Å²) in [6, 6.07) is 7.43. The minimum atomic E-state index is -0.863. The van der Waals surface area contributed by atoms with Crippen LogP contribution in [0, 0.1) is 5.92 Å². The fourth-order valence-corrected chi connectivity index (χ4v) is 2.35. The topological polar surface area (TPSA) is 21.3 Å². The Morgan fingerprint density at radius 1 is 1.41 bits per heavy atom. The van der Waals surface area contributed by atoms with Crippen molar-refractivity contribution in [3.8, 4) is 5.75 Å². The normalized spacial score (nSPS) is 18.9. The van der Waals surface area contributed by atoms with Gasteiger partial charge >= 0.3 is 0 Å². The number of hydrogen-bond acceptors (Lipinski definition) is 2. The predicted molar refractivity (Wildman–Crippen MR) is 67.1 cm³/mol. The van der Waals surface area contributed by atoms with Crippen LogP contribution in [0.5, 0.6) is 5.75 Å². The van der Waals surface area contributed by atoms with E-state index < -0.39 is 6.17 Å². The Morgan fingerprint density at radius 3 is 2.88 bits per heavy atom. The average molecular weight is 237 g/mol. The molecule has 17 heavy (non-hydrogen) atoms. The van der Waals surface area contributed by atoms with Gasteiger partial charge in [-0.3, -0.25) is 0 Å². The van der Waals surface area contributed by atoms with E-state index in [1.165, 1.54) is 0 Å². The number of nitrogens with one attached hydrogen (secondary N) is 1. The molecule has 1 heterocycles. The summed E-state index contributed by atoms with van der Waals surface area (Å²) in [7, 11) is 0. The van der Waals surface area contributed by atoms with Crippen LogP contribution in [-0.2, 0) is 0 Å². The number of rotatable bonds is 4. The highest BCUT2D eigenvalue weighted by Crippen LogP contribution is 2.33. The van der Waals surface area contributed by atoms with Gasteiger partial charge in [-0.1, -0.05) is 12.1 Å². The third-order valence-electron chi connectivity index (χ3n) is 3.29. The molecule has 1 aliphatic rings. The zero-order valence-electron chi connectivity index (χ0n) is 10.3. The first-order valence-corrected chi connectivity index (χ1v) is 6.39. The Bertz CT molecular complexity index is 350. The fourth-order valence-electron chi connectivity index (χ4n) is 2.35. The lowest BCUT2D eigenvalue weighted by molar-refractivity contribution is 0.190. The number of hydrogen-bond donors (Lipinski definition) is 1. The summed E-state index contributed by atoms with van der Waals surface area (Å²) < 4.78 is 19.8. The standard InChI is InChI=1S/C14H20FNO/c1-2-17-13-5-3-4-12(10-13)14(15)11-6-8-16-9-7-11/h3-5,10-11,14,16H,2,6-9H2,1H3. The maximum absolute atomic E-state index is 14.4. The molecule has 2 rings (SSSR count). The van der Waals surface area contributed by atoms with Gasteiger partial charge in [-0.15, -0.1) is 0 Å². The van der Waals surface area contributed by atoms with Crippen molar-refractivity contribution in [3.63, 3.8) is 0 Å². The molecule has 0 aliphatic carbocycles. The summed E-state index contributed by atoms with van der Waals surface area (Å²) in [5, 5.41) is 3.26. The molecular weight excluding hydrogens is 217 g/mol. The van der Waals surface area contributed by atoms with Gasteiger partial charge in [-0.2, -0.15) is 0 Å². The Labute approximate surface area is 102 Å².